The number of nitriles is 1. The van der Waals surface area contributed by atoms with Crippen molar-refractivity contribution >= 4 is 11.5 Å². The van der Waals surface area contributed by atoms with Gasteiger partial charge in [-0.1, -0.05) is 0 Å². The fourth-order valence-corrected chi connectivity index (χ4v) is 3.95. The van der Waals surface area contributed by atoms with Crippen LogP contribution in [0.4, 0.5) is 11.5 Å². The van der Waals surface area contributed by atoms with E-state index in [1.54, 1.807) is 20.3 Å². The highest BCUT2D eigenvalue weighted by atomic mass is 16.5. The molecule has 152 valence electrons. The molecule has 0 spiro atoms. The average molecular weight is 395 g/mol. The van der Waals surface area contributed by atoms with Crippen LogP contribution in [0.25, 0.3) is 0 Å². The van der Waals surface area contributed by atoms with Crippen LogP contribution in [0.2, 0.25) is 0 Å². The number of methoxy groups -OCH3 is 2. The van der Waals surface area contributed by atoms with E-state index in [4.69, 9.17) is 19.9 Å². The SMILES string of the molecule is COc1cc2c(cc1OC)Oc1nc(N)c(C#N)c(NCCN3CCCC3)c1C2. The Morgan fingerprint density at radius 3 is 2.66 bits per heavy atom. The zero-order valence-electron chi connectivity index (χ0n) is 16.7. The van der Waals surface area contributed by atoms with Gasteiger partial charge in [0.1, 0.15) is 23.2 Å². The van der Waals surface area contributed by atoms with Crippen molar-refractivity contribution in [2.75, 3.05) is 51.4 Å². The lowest BCUT2D eigenvalue weighted by Gasteiger charge is -2.25. The van der Waals surface area contributed by atoms with Crippen LogP contribution in [0, 0.1) is 11.3 Å². The van der Waals surface area contributed by atoms with Gasteiger partial charge in [-0.05, 0) is 32.0 Å². The summed E-state index contributed by atoms with van der Waals surface area (Å²) in [6.45, 7) is 3.90. The van der Waals surface area contributed by atoms with E-state index in [9.17, 15) is 5.26 Å². The fraction of sp³-hybridized carbons (Fsp3) is 0.429. The van der Waals surface area contributed by atoms with Crippen LogP contribution in [0.5, 0.6) is 23.1 Å². The van der Waals surface area contributed by atoms with Gasteiger partial charge in [0, 0.05) is 36.7 Å². The molecule has 1 aromatic heterocycles. The Balaban J connectivity index is 1.66. The molecule has 0 radical (unpaired) electrons. The quantitative estimate of drug-likeness (QED) is 0.656. The minimum Gasteiger partial charge on any atom is -0.493 e. The second-order valence-electron chi connectivity index (χ2n) is 7.21. The van der Waals surface area contributed by atoms with Crippen LogP contribution >= 0.6 is 0 Å². The van der Waals surface area contributed by atoms with Crippen molar-refractivity contribution in [1.29, 1.82) is 5.26 Å². The number of ether oxygens (including phenoxy) is 3. The van der Waals surface area contributed by atoms with Gasteiger partial charge in [0.25, 0.3) is 0 Å². The van der Waals surface area contributed by atoms with Gasteiger partial charge in [-0.2, -0.15) is 10.2 Å². The first-order valence-corrected chi connectivity index (χ1v) is 9.76. The van der Waals surface area contributed by atoms with Crippen molar-refractivity contribution in [1.82, 2.24) is 9.88 Å². The van der Waals surface area contributed by atoms with Gasteiger partial charge in [0.15, 0.2) is 11.5 Å². The smallest absolute Gasteiger partial charge is 0.226 e. The summed E-state index contributed by atoms with van der Waals surface area (Å²) in [6, 6.07) is 5.88. The van der Waals surface area contributed by atoms with Gasteiger partial charge >= 0.3 is 0 Å². The Bertz CT molecular complexity index is 964. The molecular formula is C21H25N5O3. The molecule has 0 aliphatic carbocycles. The number of nitrogens with zero attached hydrogens (tertiary/aromatic N) is 3. The Hall–Kier alpha value is -3.18. The summed E-state index contributed by atoms with van der Waals surface area (Å²) >= 11 is 0. The zero-order chi connectivity index (χ0) is 20.4. The molecule has 2 aliphatic heterocycles. The van der Waals surface area contributed by atoms with E-state index in [1.807, 2.05) is 6.07 Å². The summed E-state index contributed by atoms with van der Waals surface area (Å²) in [4.78, 5) is 6.75. The number of hydrogen-bond donors (Lipinski definition) is 2. The molecule has 0 amide bonds. The van der Waals surface area contributed by atoms with E-state index in [2.05, 4.69) is 21.3 Å². The van der Waals surface area contributed by atoms with Crippen LogP contribution in [0.3, 0.4) is 0 Å². The van der Waals surface area contributed by atoms with Crippen LogP contribution < -0.4 is 25.3 Å². The normalized spacial score (nSPS) is 15.1. The highest BCUT2D eigenvalue weighted by Crippen LogP contribution is 2.45. The molecular weight excluding hydrogens is 370 g/mol. The molecule has 1 aromatic carbocycles. The number of fused-ring (bicyclic) bond motifs is 2. The third kappa shape index (κ3) is 3.61. The highest BCUT2D eigenvalue weighted by Gasteiger charge is 2.27. The fourth-order valence-electron chi connectivity index (χ4n) is 3.95. The number of nitrogen functional groups attached to an aromatic ring is 1. The van der Waals surface area contributed by atoms with Crippen LogP contribution in [0.15, 0.2) is 12.1 Å². The monoisotopic (exact) mass is 395 g/mol. The van der Waals surface area contributed by atoms with Crippen molar-refractivity contribution in [2.24, 2.45) is 0 Å². The lowest BCUT2D eigenvalue weighted by atomic mass is 9.98. The summed E-state index contributed by atoms with van der Waals surface area (Å²) < 4.78 is 16.8. The predicted octanol–water partition coefficient (Wildman–Crippen LogP) is 2.76. The molecule has 0 unspecified atom stereocenters. The number of hydrogen-bond acceptors (Lipinski definition) is 8. The molecule has 2 aromatic rings. The molecule has 1 fully saturated rings. The van der Waals surface area contributed by atoms with Crippen molar-refractivity contribution in [2.45, 2.75) is 19.3 Å². The number of benzene rings is 1. The molecule has 4 rings (SSSR count). The molecule has 3 N–H and O–H groups in total. The van der Waals surface area contributed by atoms with E-state index in [0.29, 0.717) is 40.8 Å². The maximum Gasteiger partial charge on any atom is 0.226 e. The van der Waals surface area contributed by atoms with Crippen LogP contribution in [-0.2, 0) is 6.42 Å². The van der Waals surface area contributed by atoms with Crippen LogP contribution in [-0.4, -0.2) is 50.3 Å². The average Bonchev–Trinajstić information content (AvgIpc) is 3.25. The first-order chi connectivity index (χ1) is 14.1. The van der Waals surface area contributed by atoms with Crippen molar-refractivity contribution < 1.29 is 14.2 Å². The lowest BCUT2D eigenvalue weighted by molar-refractivity contribution is 0.349. The summed E-state index contributed by atoms with van der Waals surface area (Å²) in [7, 11) is 3.18. The summed E-state index contributed by atoms with van der Waals surface area (Å²) in [5.74, 6) is 2.45. The third-order valence-corrected chi connectivity index (χ3v) is 5.47. The second-order valence-corrected chi connectivity index (χ2v) is 7.21. The summed E-state index contributed by atoms with van der Waals surface area (Å²) in [6.07, 6.45) is 3.05. The minimum atomic E-state index is 0.166. The first kappa shape index (κ1) is 19.2. The van der Waals surface area contributed by atoms with Gasteiger partial charge in [-0.25, -0.2) is 0 Å². The van der Waals surface area contributed by atoms with Gasteiger partial charge in [0.2, 0.25) is 5.88 Å². The maximum absolute atomic E-state index is 9.66. The minimum absolute atomic E-state index is 0.166. The molecule has 29 heavy (non-hydrogen) atoms. The topological polar surface area (TPSA) is 106 Å². The van der Waals surface area contributed by atoms with Gasteiger partial charge in [-0.15, -0.1) is 0 Å². The molecule has 0 atom stereocenters. The Morgan fingerprint density at radius 2 is 1.97 bits per heavy atom. The Kier molecular flexibility index (Phi) is 5.32. The summed E-state index contributed by atoms with van der Waals surface area (Å²) in [5.41, 5.74) is 8.89. The van der Waals surface area contributed by atoms with Gasteiger partial charge in [-0.3, -0.25) is 0 Å². The molecule has 3 heterocycles. The van der Waals surface area contributed by atoms with E-state index >= 15 is 0 Å². The lowest BCUT2D eigenvalue weighted by Crippen LogP contribution is -2.26. The van der Waals surface area contributed by atoms with E-state index < -0.39 is 0 Å². The summed E-state index contributed by atoms with van der Waals surface area (Å²) in [5, 5.41) is 13.1. The van der Waals surface area contributed by atoms with Gasteiger partial charge in [0.05, 0.1) is 19.9 Å². The highest BCUT2D eigenvalue weighted by molar-refractivity contribution is 5.74. The zero-order valence-corrected chi connectivity index (χ0v) is 16.7. The van der Waals surface area contributed by atoms with E-state index in [1.165, 1.54) is 12.8 Å². The van der Waals surface area contributed by atoms with Gasteiger partial charge < -0.3 is 30.2 Å². The number of aromatic nitrogens is 1. The third-order valence-electron chi connectivity index (χ3n) is 5.47. The maximum atomic E-state index is 9.66. The number of anilines is 2. The van der Waals surface area contributed by atoms with E-state index in [0.717, 1.165) is 37.3 Å². The van der Waals surface area contributed by atoms with E-state index in [-0.39, 0.29) is 5.82 Å². The molecule has 1 saturated heterocycles. The van der Waals surface area contributed by atoms with Crippen LogP contribution in [0.1, 0.15) is 29.5 Å². The number of nitrogens with one attached hydrogen (secondary N) is 1. The number of rotatable bonds is 6. The largest absolute Gasteiger partial charge is 0.493 e. The molecule has 0 bridgehead atoms. The second kappa shape index (κ2) is 8.05. The Labute approximate surface area is 170 Å². The molecule has 8 heteroatoms. The van der Waals surface area contributed by atoms with Crippen molar-refractivity contribution in [3.8, 4) is 29.2 Å². The van der Waals surface area contributed by atoms with Crippen molar-refractivity contribution in [3.05, 3.63) is 28.8 Å². The molecule has 2 aliphatic rings. The molecule has 8 nitrogen and oxygen atoms in total. The standard InChI is InChI=1S/C21H25N5O3/c1-27-17-10-13-9-14-19(24-5-8-26-6-3-4-7-26)15(12-22)20(23)25-21(14)29-16(13)11-18(17)28-2/h10-11H,3-9H2,1-2H3,(H3,23,24,25). The Morgan fingerprint density at radius 1 is 1.24 bits per heavy atom. The molecule has 0 saturated carbocycles. The first-order valence-electron chi connectivity index (χ1n) is 9.76. The number of pyridine rings is 1. The van der Waals surface area contributed by atoms with Crippen molar-refractivity contribution in [3.63, 3.8) is 0 Å². The predicted molar refractivity (Wildman–Crippen MR) is 110 cm³/mol. The number of nitrogens with two attached hydrogens (primary N) is 1. The number of likely N-dealkylation sites (tertiary alicyclic amines) is 1.